The Bertz CT molecular complexity index is 499. The topological polar surface area (TPSA) is 32.3 Å². The first-order chi connectivity index (χ1) is 9.68. The molecule has 1 amide bonds. The van der Waals surface area contributed by atoms with Gasteiger partial charge in [0.05, 0.1) is 6.04 Å². The van der Waals surface area contributed by atoms with Crippen molar-refractivity contribution in [2.45, 2.75) is 44.9 Å². The maximum absolute atomic E-state index is 12.6. The molecule has 4 heteroatoms. The van der Waals surface area contributed by atoms with Crippen molar-refractivity contribution in [3.8, 4) is 0 Å². The molecule has 2 heterocycles. The average molecular weight is 290 g/mol. The number of carbonyl (C=O) groups is 1. The Labute approximate surface area is 125 Å². The van der Waals surface area contributed by atoms with E-state index in [0.717, 1.165) is 12.2 Å². The molecule has 2 fully saturated rings. The number of benzene rings is 1. The minimum absolute atomic E-state index is 0.0439. The Morgan fingerprint density at radius 3 is 2.85 bits per heavy atom. The summed E-state index contributed by atoms with van der Waals surface area (Å²) in [4.78, 5) is 14.7. The Kier molecular flexibility index (Phi) is 4.03. The average Bonchev–Trinajstić information content (AvgIpc) is 2.76. The van der Waals surface area contributed by atoms with E-state index in [1.165, 1.54) is 23.3 Å². The maximum Gasteiger partial charge on any atom is 0.241 e. The lowest BCUT2D eigenvalue weighted by Gasteiger charge is -2.35. The fraction of sp³-hybridized carbons (Fsp3) is 0.562. The van der Waals surface area contributed by atoms with Crippen LogP contribution in [0.5, 0.6) is 0 Å². The zero-order valence-corrected chi connectivity index (χ0v) is 13.0. The monoisotopic (exact) mass is 290 g/mol. The van der Waals surface area contributed by atoms with Crippen molar-refractivity contribution in [2.75, 3.05) is 11.5 Å². The van der Waals surface area contributed by atoms with Gasteiger partial charge in [-0.3, -0.25) is 10.1 Å². The van der Waals surface area contributed by atoms with Gasteiger partial charge in [-0.25, -0.2) is 0 Å². The molecule has 0 aliphatic carbocycles. The third-order valence-corrected chi connectivity index (χ3v) is 5.52. The summed E-state index contributed by atoms with van der Waals surface area (Å²) in [5, 5.41) is 3.48. The molecule has 1 aromatic rings. The van der Waals surface area contributed by atoms with Gasteiger partial charge in [-0.05, 0) is 43.6 Å². The van der Waals surface area contributed by atoms with Gasteiger partial charge in [0.2, 0.25) is 5.91 Å². The van der Waals surface area contributed by atoms with Crippen LogP contribution in [0.4, 0.5) is 0 Å². The molecular weight excluding hydrogens is 268 g/mol. The summed E-state index contributed by atoms with van der Waals surface area (Å²) < 4.78 is 0. The van der Waals surface area contributed by atoms with E-state index in [0.29, 0.717) is 6.04 Å². The molecule has 2 saturated heterocycles. The van der Waals surface area contributed by atoms with Gasteiger partial charge in [0.15, 0.2) is 0 Å². The molecular formula is C16H22N2OS. The summed E-state index contributed by atoms with van der Waals surface area (Å²) in [5.41, 5.74) is 2.49. The summed E-state index contributed by atoms with van der Waals surface area (Å²) in [7, 11) is 0. The second-order valence-electron chi connectivity index (χ2n) is 5.76. The summed E-state index contributed by atoms with van der Waals surface area (Å²) >= 11 is 1.97. The molecule has 1 N–H and O–H groups in total. The van der Waals surface area contributed by atoms with Crippen LogP contribution in [0.25, 0.3) is 0 Å². The molecule has 3 unspecified atom stereocenters. The van der Waals surface area contributed by atoms with Crippen LogP contribution in [0.15, 0.2) is 24.3 Å². The standard InChI is InChI=1S/C16H22N2OS/c1-11-6-3-4-8-14(11)15-17-12(2)16(19)18(15)13-7-5-9-20-10-13/h3-4,6,8,12-13,15,17H,5,7,9-10H2,1-2H3. The summed E-state index contributed by atoms with van der Waals surface area (Å²) in [6, 6.07) is 8.68. The molecule has 0 aromatic heterocycles. The van der Waals surface area contributed by atoms with Gasteiger partial charge in [-0.2, -0.15) is 11.8 Å². The Morgan fingerprint density at radius 2 is 2.15 bits per heavy atom. The number of hydrogen-bond donors (Lipinski definition) is 1. The van der Waals surface area contributed by atoms with Crippen molar-refractivity contribution in [3.05, 3.63) is 35.4 Å². The van der Waals surface area contributed by atoms with Gasteiger partial charge in [-0.15, -0.1) is 0 Å². The first kappa shape index (κ1) is 14.0. The molecule has 0 spiro atoms. The van der Waals surface area contributed by atoms with E-state index in [1.54, 1.807) is 0 Å². The largest absolute Gasteiger partial charge is 0.318 e. The molecule has 2 aliphatic heterocycles. The van der Waals surface area contributed by atoms with E-state index in [1.807, 2.05) is 18.7 Å². The van der Waals surface area contributed by atoms with Gasteiger partial charge in [0.1, 0.15) is 6.17 Å². The van der Waals surface area contributed by atoms with E-state index in [2.05, 4.69) is 41.4 Å². The Balaban J connectivity index is 1.91. The zero-order chi connectivity index (χ0) is 14.1. The third-order valence-electron chi connectivity index (χ3n) is 4.32. The van der Waals surface area contributed by atoms with Crippen molar-refractivity contribution in [1.82, 2.24) is 10.2 Å². The van der Waals surface area contributed by atoms with Crippen molar-refractivity contribution in [1.29, 1.82) is 0 Å². The maximum atomic E-state index is 12.6. The lowest BCUT2D eigenvalue weighted by atomic mass is 10.0. The fourth-order valence-corrected chi connectivity index (χ4v) is 4.34. The fourth-order valence-electron chi connectivity index (χ4n) is 3.21. The van der Waals surface area contributed by atoms with Crippen LogP contribution >= 0.6 is 11.8 Å². The molecule has 0 bridgehead atoms. The summed E-state index contributed by atoms with van der Waals surface area (Å²) in [5.74, 6) is 2.56. The van der Waals surface area contributed by atoms with Crippen LogP contribution in [-0.2, 0) is 4.79 Å². The highest BCUT2D eigenvalue weighted by atomic mass is 32.2. The second kappa shape index (κ2) is 5.78. The quantitative estimate of drug-likeness (QED) is 0.909. The number of rotatable bonds is 2. The highest BCUT2D eigenvalue weighted by molar-refractivity contribution is 7.99. The van der Waals surface area contributed by atoms with Crippen molar-refractivity contribution in [2.24, 2.45) is 0 Å². The van der Waals surface area contributed by atoms with Gasteiger partial charge in [0, 0.05) is 11.8 Å². The number of thioether (sulfide) groups is 1. The van der Waals surface area contributed by atoms with E-state index >= 15 is 0 Å². The summed E-state index contributed by atoms with van der Waals surface area (Å²) in [6.45, 7) is 4.10. The number of hydrogen-bond acceptors (Lipinski definition) is 3. The lowest BCUT2D eigenvalue weighted by molar-refractivity contribution is -0.131. The van der Waals surface area contributed by atoms with Crippen molar-refractivity contribution >= 4 is 17.7 Å². The highest BCUT2D eigenvalue weighted by Gasteiger charge is 2.41. The minimum Gasteiger partial charge on any atom is -0.318 e. The molecule has 2 aliphatic rings. The van der Waals surface area contributed by atoms with Gasteiger partial charge >= 0.3 is 0 Å². The molecule has 20 heavy (non-hydrogen) atoms. The van der Waals surface area contributed by atoms with Crippen LogP contribution < -0.4 is 5.32 Å². The second-order valence-corrected chi connectivity index (χ2v) is 6.91. The lowest BCUT2D eigenvalue weighted by Crippen LogP contribution is -2.43. The molecule has 3 atom stereocenters. The Hall–Kier alpha value is -1.00. The first-order valence-electron chi connectivity index (χ1n) is 7.40. The van der Waals surface area contributed by atoms with E-state index in [4.69, 9.17) is 0 Å². The zero-order valence-electron chi connectivity index (χ0n) is 12.1. The van der Waals surface area contributed by atoms with Crippen LogP contribution in [0.1, 0.15) is 37.1 Å². The summed E-state index contributed by atoms with van der Waals surface area (Å²) in [6.07, 6.45) is 2.39. The SMILES string of the molecule is Cc1ccccc1C1NC(C)C(=O)N1C1CCCSC1. The van der Waals surface area contributed by atoms with E-state index < -0.39 is 0 Å². The molecule has 0 radical (unpaired) electrons. The van der Waals surface area contributed by atoms with Gasteiger partial charge in [0.25, 0.3) is 0 Å². The van der Waals surface area contributed by atoms with Crippen LogP contribution in [-0.4, -0.2) is 34.4 Å². The molecule has 3 rings (SSSR count). The molecule has 3 nitrogen and oxygen atoms in total. The predicted molar refractivity (Wildman–Crippen MR) is 83.7 cm³/mol. The predicted octanol–water partition coefficient (Wildman–Crippen LogP) is 2.71. The van der Waals surface area contributed by atoms with E-state index in [9.17, 15) is 4.79 Å². The molecule has 0 saturated carbocycles. The van der Waals surface area contributed by atoms with E-state index in [-0.39, 0.29) is 18.1 Å². The number of nitrogens with zero attached hydrogens (tertiary/aromatic N) is 1. The third kappa shape index (κ3) is 2.47. The van der Waals surface area contributed by atoms with Crippen molar-refractivity contribution in [3.63, 3.8) is 0 Å². The molecule has 1 aromatic carbocycles. The number of carbonyl (C=O) groups excluding carboxylic acids is 1. The first-order valence-corrected chi connectivity index (χ1v) is 8.55. The van der Waals surface area contributed by atoms with Crippen LogP contribution in [0.2, 0.25) is 0 Å². The van der Waals surface area contributed by atoms with Crippen LogP contribution in [0, 0.1) is 6.92 Å². The van der Waals surface area contributed by atoms with Gasteiger partial charge in [-0.1, -0.05) is 24.3 Å². The molecule has 108 valence electrons. The van der Waals surface area contributed by atoms with Crippen molar-refractivity contribution < 1.29 is 4.79 Å². The number of aryl methyl sites for hydroxylation is 1. The highest BCUT2D eigenvalue weighted by Crippen LogP contribution is 2.33. The Morgan fingerprint density at radius 1 is 1.35 bits per heavy atom. The smallest absolute Gasteiger partial charge is 0.241 e. The van der Waals surface area contributed by atoms with Crippen LogP contribution in [0.3, 0.4) is 0 Å². The normalized spacial score (nSPS) is 30.8. The minimum atomic E-state index is -0.0773. The number of nitrogens with one attached hydrogen (secondary N) is 1. The number of amides is 1. The van der Waals surface area contributed by atoms with Gasteiger partial charge < -0.3 is 4.90 Å².